The number of likely N-dealkylation sites (tertiary alicyclic amines) is 1. The number of nitrogens with zero attached hydrogens (tertiary/aromatic N) is 4. The number of anilines is 1. The van der Waals surface area contributed by atoms with Crippen LogP contribution < -0.4 is 5.73 Å². The molecule has 0 aromatic carbocycles. The predicted molar refractivity (Wildman–Crippen MR) is 101 cm³/mol. The highest BCUT2D eigenvalue weighted by molar-refractivity contribution is 14.1. The normalized spacial score (nSPS) is 18.3. The summed E-state index contributed by atoms with van der Waals surface area (Å²) in [5.74, 6) is 0.485. The first-order valence-corrected chi connectivity index (χ1v) is 9.08. The van der Waals surface area contributed by atoms with E-state index in [1.54, 1.807) is 0 Å². The van der Waals surface area contributed by atoms with Gasteiger partial charge in [0.15, 0.2) is 0 Å². The zero-order chi connectivity index (χ0) is 17.5. The van der Waals surface area contributed by atoms with Crippen molar-refractivity contribution in [3.8, 4) is 0 Å². The van der Waals surface area contributed by atoms with Gasteiger partial charge >= 0.3 is 6.09 Å². The smallest absolute Gasteiger partial charge is 0.410 e. The van der Waals surface area contributed by atoms with Gasteiger partial charge in [0.1, 0.15) is 23.4 Å². The van der Waals surface area contributed by atoms with Crippen molar-refractivity contribution in [1.29, 1.82) is 0 Å². The first kappa shape index (κ1) is 17.2. The molecule has 1 aliphatic rings. The number of ether oxygens (including phenoxy) is 1. The summed E-state index contributed by atoms with van der Waals surface area (Å²) in [5.41, 5.74) is 6.29. The number of carbonyl (C=O) groups is 1. The number of hydrogen-bond acceptors (Lipinski definition) is 5. The lowest BCUT2D eigenvalue weighted by molar-refractivity contribution is 0.0215. The lowest BCUT2D eigenvalue weighted by Crippen LogP contribution is -2.41. The van der Waals surface area contributed by atoms with E-state index in [2.05, 4.69) is 37.1 Å². The summed E-state index contributed by atoms with van der Waals surface area (Å²) < 4.78 is 8.61. The molecule has 2 aromatic heterocycles. The van der Waals surface area contributed by atoms with Gasteiger partial charge in [0.25, 0.3) is 0 Å². The second-order valence-corrected chi connectivity index (χ2v) is 8.22. The van der Waals surface area contributed by atoms with Crippen molar-refractivity contribution >= 4 is 45.5 Å². The topological polar surface area (TPSA) is 86.3 Å². The summed E-state index contributed by atoms with van der Waals surface area (Å²) in [7, 11) is 0. The first-order chi connectivity index (χ1) is 11.3. The van der Waals surface area contributed by atoms with Gasteiger partial charge in [-0.1, -0.05) is 0 Å². The zero-order valence-electron chi connectivity index (χ0n) is 14.1. The van der Waals surface area contributed by atoms with E-state index in [-0.39, 0.29) is 12.1 Å². The van der Waals surface area contributed by atoms with E-state index in [4.69, 9.17) is 10.5 Å². The Morgan fingerprint density at radius 1 is 1.46 bits per heavy atom. The molecule has 1 saturated heterocycles. The fraction of sp³-hybridized carbons (Fsp3) is 0.562. The van der Waals surface area contributed by atoms with Crippen LogP contribution in [-0.4, -0.2) is 43.7 Å². The highest BCUT2D eigenvalue weighted by atomic mass is 127. The van der Waals surface area contributed by atoms with E-state index < -0.39 is 5.60 Å². The summed E-state index contributed by atoms with van der Waals surface area (Å²) >= 11 is 2.24. The van der Waals surface area contributed by atoms with Crippen LogP contribution in [0.4, 0.5) is 10.6 Å². The minimum atomic E-state index is -0.485. The van der Waals surface area contributed by atoms with Gasteiger partial charge in [-0.15, -0.1) is 0 Å². The third-order valence-electron chi connectivity index (χ3n) is 4.05. The Morgan fingerprint density at radius 2 is 2.21 bits per heavy atom. The van der Waals surface area contributed by atoms with Crippen LogP contribution in [0.2, 0.25) is 0 Å². The fourth-order valence-electron chi connectivity index (χ4n) is 3.05. The molecule has 130 valence electrons. The van der Waals surface area contributed by atoms with Gasteiger partial charge in [0.2, 0.25) is 0 Å². The van der Waals surface area contributed by atoms with Crippen molar-refractivity contribution in [3.63, 3.8) is 0 Å². The molecule has 7 nitrogen and oxygen atoms in total. The zero-order valence-corrected chi connectivity index (χ0v) is 16.3. The molecule has 24 heavy (non-hydrogen) atoms. The van der Waals surface area contributed by atoms with E-state index >= 15 is 0 Å². The number of aromatic nitrogens is 3. The summed E-state index contributed by atoms with van der Waals surface area (Å²) in [6.07, 6.45) is 5.19. The summed E-state index contributed by atoms with van der Waals surface area (Å²) in [5, 5.41) is 0.875. The second-order valence-electron chi connectivity index (χ2n) is 7.06. The van der Waals surface area contributed by atoms with Crippen LogP contribution in [0.1, 0.15) is 33.6 Å². The molecule has 2 N–H and O–H groups in total. The number of nitrogens with two attached hydrogens (primary N) is 1. The van der Waals surface area contributed by atoms with Crippen molar-refractivity contribution in [2.75, 3.05) is 12.3 Å². The number of amides is 1. The van der Waals surface area contributed by atoms with E-state index in [1.807, 2.05) is 31.9 Å². The van der Waals surface area contributed by atoms with Crippen LogP contribution in [0.15, 0.2) is 12.5 Å². The number of hydrogen-bond donors (Lipinski definition) is 1. The molecule has 2 aromatic rings. The van der Waals surface area contributed by atoms with Gasteiger partial charge in [0.05, 0.1) is 11.4 Å². The molecule has 1 amide bonds. The molecule has 0 radical (unpaired) electrons. The highest BCUT2D eigenvalue weighted by Crippen LogP contribution is 2.28. The van der Waals surface area contributed by atoms with Gasteiger partial charge in [-0.05, 0) is 56.2 Å². The van der Waals surface area contributed by atoms with Crippen molar-refractivity contribution < 1.29 is 9.53 Å². The lowest BCUT2D eigenvalue weighted by Gasteiger charge is -2.28. The fourth-order valence-corrected chi connectivity index (χ4v) is 3.91. The average Bonchev–Trinajstić information content (AvgIpc) is 3.04. The molecule has 8 heteroatoms. The van der Waals surface area contributed by atoms with Crippen LogP contribution in [0, 0.1) is 3.57 Å². The largest absolute Gasteiger partial charge is 0.444 e. The maximum atomic E-state index is 12.4. The number of halogens is 1. The molecule has 0 saturated carbocycles. The van der Waals surface area contributed by atoms with Gasteiger partial charge in [-0.25, -0.2) is 14.8 Å². The van der Waals surface area contributed by atoms with E-state index in [0.29, 0.717) is 12.4 Å². The maximum Gasteiger partial charge on any atom is 0.410 e. The molecular formula is C16H22IN5O2. The predicted octanol–water partition coefficient (Wildman–Crippen LogP) is 3.02. The standard InChI is InChI=1S/C16H22IN5O2/c1-16(2,3)24-15(23)22-6-4-5-10(22)7-21-8-11(17)12-13(18)19-9-20-14(12)21/h8-10H,4-7H2,1-3H3,(H2,18,19,20). The average molecular weight is 443 g/mol. The first-order valence-electron chi connectivity index (χ1n) is 8.00. The number of nitrogen functional groups attached to an aromatic ring is 1. The number of rotatable bonds is 2. The van der Waals surface area contributed by atoms with Gasteiger partial charge in [-0.2, -0.15) is 0 Å². The Bertz CT molecular complexity index is 768. The second kappa shape index (κ2) is 6.38. The molecule has 1 aliphatic heterocycles. The molecule has 3 heterocycles. The molecule has 0 bridgehead atoms. The van der Waals surface area contributed by atoms with E-state index in [0.717, 1.165) is 34.0 Å². The van der Waals surface area contributed by atoms with Crippen molar-refractivity contribution in [3.05, 3.63) is 16.1 Å². The minimum Gasteiger partial charge on any atom is -0.444 e. The van der Waals surface area contributed by atoms with Crippen molar-refractivity contribution in [2.45, 2.75) is 51.8 Å². The summed E-state index contributed by atoms with van der Waals surface area (Å²) in [6, 6.07) is 0.0995. The van der Waals surface area contributed by atoms with E-state index in [1.165, 1.54) is 6.33 Å². The molecular weight excluding hydrogens is 421 g/mol. The van der Waals surface area contributed by atoms with Crippen molar-refractivity contribution in [1.82, 2.24) is 19.4 Å². The number of fused-ring (bicyclic) bond motifs is 1. The molecule has 0 spiro atoms. The summed E-state index contributed by atoms with van der Waals surface area (Å²) in [6.45, 7) is 7.06. The monoisotopic (exact) mass is 443 g/mol. The van der Waals surface area contributed by atoms with Crippen LogP contribution >= 0.6 is 22.6 Å². The molecule has 1 fully saturated rings. The van der Waals surface area contributed by atoms with Crippen LogP contribution in [0.3, 0.4) is 0 Å². The quantitative estimate of drug-likeness (QED) is 0.722. The van der Waals surface area contributed by atoms with Crippen LogP contribution in [0.25, 0.3) is 11.0 Å². The molecule has 1 unspecified atom stereocenters. The summed E-state index contributed by atoms with van der Waals surface area (Å²) in [4.78, 5) is 22.7. The van der Waals surface area contributed by atoms with Gasteiger partial charge in [-0.3, -0.25) is 0 Å². The van der Waals surface area contributed by atoms with Gasteiger partial charge in [0, 0.05) is 22.9 Å². The van der Waals surface area contributed by atoms with Gasteiger partial charge < -0.3 is 19.9 Å². The minimum absolute atomic E-state index is 0.0995. The molecule has 3 rings (SSSR count). The Labute approximate surface area is 154 Å². The number of carbonyl (C=O) groups excluding carboxylic acids is 1. The van der Waals surface area contributed by atoms with Crippen LogP contribution in [0.5, 0.6) is 0 Å². The van der Waals surface area contributed by atoms with Crippen molar-refractivity contribution in [2.24, 2.45) is 0 Å². The molecule has 0 aliphatic carbocycles. The maximum absolute atomic E-state index is 12.4. The highest BCUT2D eigenvalue weighted by Gasteiger charge is 2.32. The third kappa shape index (κ3) is 3.42. The lowest BCUT2D eigenvalue weighted by atomic mass is 10.2. The van der Waals surface area contributed by atoms with Crippen LogP contribution in [-0.2, 0) is 11.3 Å². The third-order valence-corrected chi connectivity index (χ3v) is 4.87. The van der Waals surface area contributed by atoms with E-state index in [9.17, 15) is 4.79 Å². The molecule has 1 atom stereocenters. The Morgan fingerprint density at radius 3 is 2.92 bits per heavy atom. The SMILES string of the molecule is CC(C)(C)OC(=O)N1CCCC1Cn1cc(I)c2c(N)ncnc21. The Kier molecular flexibility index (Phi) is 4.58. The Hall–Kier alpha value is -1.58. The Balaban J connectivity index is 1.83.